The van der Waals surface area contributed by atoms with Crippen molar-refractivity contribution in [1.29, 1.82) is 0 Å². The smallest absolute Gasteiger partial charge is 0.312 e. The summed E-state index contributed by atoms with van der Waals surface area (Å²) in [6.45, 7) is 2.38. The first-order valence-electron chi connectivity index (χ1n) is 11.8. The summed E-state index contributed by atoms with van der Waals surface area (Å²) in [5, 5.41) is 0. The summed E-state index contributed by atoms with van der Waals surface area (Å²) in [6, 6.07) is 29.5. The number of carbonyl (C=O) groups is 1. The minimum absolute atomic E-state index is 0.191. The van der Waals surface area contributed by atoms with Gasteiger partial charge in [0.05, 0.1) is 28.4 Å². The number of fused-ring (bicyclic) bond motifs is 2. The molecule has 5 rings (SSSR count). The highest BCUT2D eigenvalue weighted by atomic mass is 32.2. The average molecular weight is 531 g/mol. The van der Waals surface area contributed by atoms with Gasteiger partial charge in [-0.1, -0.05) is 53.7 Å². The number of benzene rings is 4. The van der Waals surface area contributed by atoms with Crippen LogP contribution in [0, 0.1) is 6.92 Å². The van der Waals surface area contributed by atoms with Crippen LogP contribution in [0.1, 0.15) is 12.0 Å². The van der Waals surface area contributed by atoms with Gasteiger partial charge in [-0.05, 0) is 67.6 Å². The number of aryl methyl sites for hydroxylation is 1. The van der Waals surface area contributed by atoms with Crippen LogP contribution < -0.4 is 13.9 Å². The largest absolute Gasteiger partial charge is 0.426 e. The number of anilines is 3. The summed E-state index contributed by atoms with van der Waals surface area (Å²) in [6.07, 6.45) is 0.191. The number of rotatable bonds is 7. The first-order chi connectivity index (χ1) is 17.8. The summed E-state index contributed by atoms with van der Waals surface area (Å²) in [5.41, 5.74) is 3.60. The van der Waals surface area contributed by atoms with E-state index in [0.29, 0.717) is 18.0 Å². The lowest BCUT2D eigenvalue weighted by molar-refractivity contribution is -0.134. The zero-order valence-electron chi connectivity index (χ0n) is 20.5. The maximum absolute atomic E-state index is 13.0. The molecule has 0 atom stereocenters. The van der Waals surface area contributed by atoms with Crippen molar-refractivity contribution in [2.45, 2.75) is 28.0 Å². The maximum atomic E-state index is 13.0. The van der Waals surface area contributed by atoms with Crippen LogP contribution in [0.25, 0.3) is 0 Å². The fourth-order valence-corrected chi connectivity index (χ4v) is 6.43. The van der Waals surface area contributed by atoms with Gasteiger partial charge in [0.1, 0.15) is 5.75 Å². The lowest BCUT2D eigenvalue weighted by atomic mass is 10.2. The second-order valence-corrected chi connectivity index (χ2v) is 11.7. The van der Waals surface area contributed by atoms with Crippen molar-refractivity contribution in [2.24, 2.45) is 0 Å². The molecule has 188 valence electrons. The Hall–Kier alpha value is -3.75. The van der Waals surface area contributed by atoms with Crippen molar-refractivity contribution in [3.8, 4) is 5.75 Å². The van der Waals surface area contributed by atoms with Crippen LogP contribution >= 0.6 is 11.8 Å². The minimum Gasteiger partial charge on any atom is -0.426 e. The Bertz CT molecular complexity index is 1490. The molecule has 1 heterocycles. The molecule has 0 aliphatic carbocycles. The van der Waals surface area contributed by atoms with E-state index in [0.717, 1.165) is 26.7 Å². The third-order valence-electron chi connectivity index (χ3n) is 6.18. The Morgan fingerprint density at radius 3 is 2.00 bits per heavy atom. The summed E-state index contributed by atoms with van der Waals surface area (Å²) in [5.74, 6) is 0.00598. The van der Waals surface area contributed by atoms with Gasteiger partial charge in [0.15, 0.2) is 0 Å². The lowest BCUT2D eigenvalue weighted by Crippen LogP contribution is -2.26. The summed E-state index contributed by atoms with van der Waals surface area (Å²) in [7, 11) is -2.19. The van der Waals surface area contributed by atoms with Gasteiger partial charge in [0.25, 0.3) is 10.0 Å². The van der Waals surface area contributed by atoms with Crippen LogP contribution in [0.5, 0.6) is 5.75 Å². The molecule has 0 unspecified atom stereocenters. The van der Waals surface area contributed by atoms with Gasteiger partial charge >= 0.3 is 5.97 Å². The van der Waals surface area contributed by atoms with Crippen LogP contribution in [0.3, 0.4) is 0 Å². The average Bonchev–Trinajstić information content (AvgIpc) is 2.91. The lowest BCUT2D eigenvalue weighted by Gasteiger charge is -2.32. The first kappa shape index (κ1) is 24.9. The van der Waals surface area contributed by atoms with Gasteiger partial charge in [0, 0.05) is 23.4 Å². The van der Waals surface area contributed by atoms with Gasteiger partial charge < -0.3 is 9.64 Å². The molecule has 0 radical (unpaired) electrons. The van der Waals surface area contributed by atoms with Crippen LogP contribution in [-0.2, 0) is 14.8 Å². The number of sulfonamides is 1. The fraction of sp³-hybridized carbons (Fsp3) is 0.138. The summed E-state index contributed by atoms with van der Waals surface area (Å²) >= 11 is 1.72. The van der Waals surface area contributed by atoms with E-state index in [-0.39, 0.29) is 17.3 Å². The minimum atomic E-state index is -3.70. The number of esters is 1. The summed E-state index contributed by atoms with van der Waals surface area (Å²) in [4.78, 5) is 17.4. The van der Waals surface area contributed by atoms with Crippen molar-refractivity contribution in [1.82, 2.24) is 0 Å². The standard InChI is InChI=1S/C29H26N2O4S2/c1-21-11-17-24(18-12-21)37(33,34)30(2)22-13-15-23(16-14-22)35-29(32)19-20-31-25-7-3-5-9-27(25)36-28-10-6-4-8-26(28)31/h3-18H,19-20H2,1-2H3. The third kappa shape index (κ3) is 5.21. The van der Waals surface area contributed by atoms with Crippen LogP contribution in [0.4, 0.5) is 17.1 Å². The SMILES string of the molecule is Cc1ccc(S(=O)(=O)N(C)c2ccc(OC(=O)CCN3c4ccccc4Sc4ccccc43)cc2)cc1. The van der Waals surface area contributed by atoms with E-state index in [2.05, 4.69) is 29.2 Å². The molecule has 0 amide bonds. The quantitative estimate of drug-likeness (QED) is 0.203. The number of nitrogens with zero attached hydrogens (tertiary/aromatic N) is 2. The molecular weight excluding hydrogens is 504 g/mol. The molecule has 1 aliphatic rings. The molecule has 6 nitrogen and oxygen atoms in total. The Balaban J connectivity index is 1.24. The molecule has 4 aromatic carbocycles. The summed E-state index contributed by atoms with van der Waals surface area (Å²) < 4.78 is 32.7. The second kappa shape index (κ2) is 10.3. The van der Waals surface area contributed by atoms with Gasteiger partial charge in [0.2, 0.25) is 0 Å². The molecule has 0 aromatic heterocycles. The predicted octanol–water partition coefficient (Wildman–Crippen LogP) is 6.42. The highest BCUT2D eigenvalue weighted by Gasteiger charge is 2.24. The van der Waals surface area contributed by atoms with Crippen molar-refractivity contribution in [3.05, 3.63) is 103 Å². The van der Waals surface area contributed by atoms with E-state index in [1.54, 1.807) is 60.3 Å². The monoisotopic (exact) mass is 530 g/mol. The molecule has 0 fully saturated rings. The third-order valence-corrected chi connectivity index (χ3v) is 9.11. The van der Waals surface area contributed by atoms with Crippen molar-refractivity contribution in [2.75, 3.05) is 22.8 Å². The van der Waals surface area contributed by atoms with Gasteiger partial charge in [-0.3, -0.25) is 9.10 Å². The Labute approximate surface area is 221 Å². The van der Waals surface area contributed by atoms with E-state index in [9.17, 15) is 13.2 Å². The predicted molar refractivity (Wildman–Crippen MR) is 147 cm³/mol. The van der Waals surface area contributed by atoms with Gasteiger partial charge in [-0.25, -0.2) is 8.42 Å². The van der Waals surface area contributed by atoms with E-state index >= 15 is 0 Å². The van der Waals surface area contributed by atoms with Gasteiger partial charge in [-0.2, -0.15) is 0 Å². The molecule has 37 heavy (non-hydrogen) atoms. The highest BCUT2D eigenvalue weighted by Crippen LogP contribution is 2.47. The normalized spacial score (nSPS) is 12.4. The number of hydrogen-bond donors (Lipinski definition) is 0. The fourth-order valence-electron chi connectivity index (χ4n) is 4.14. The van der Waals surface area contributed by atoms with Crippen molar-refractivity contribution in [3.63, 3.8) is 0 Å². The van der Waals surface area contributed by atoms with Crippen LogP contribution in [-0.4, -0.2) is 28.0 Å². The van der Waals surface area contributed by atoms with Crippen molar-refractivity contribution >= 4 is 44.8 Å². The molecule has 1 aliphatic heterocycles. The highest BCUT2D eigenvalue weighted by molar-refractivity contribution is 7.99. The molecule has 0 saturated heterocycles. The van der Waals surface area contributed by atoms with E-state index in [1.165, 1.54) is 11.4 Å². The van der Waals surface area contributed by atoms with E-state index in [1.807, 2.05) is 31.2 Å². The second-order valence-electron chi connectivity index (χ2n) is 8.69. The molecular formula is C29H26N2O4S2. The van der Waals surface area contributed by atoms with Crippen LogP contribution in [0.15, 0.2) is 112 Å². The Morgan fingerprint density at radius 2 is 1.41 bits per heavy atom. The first-order valence-corrected chi connectivity index (χ1v) is 14.1. The van der Waals surface area contributed by atoms with E-state index < -0.39 is 10.0 Å². The van der Waals surface area contributed by atoms with Crippen LogP contribution in [0.2, 0.25) is 0 Å². The molecule has 4 aromatic rings. The van der Waals surface area contributed by atoms with Crippen molar-refractivity contribution < 1.29 is 17.9 Å². The molecule has 0 saturated carbocycles. The Morgan fingerprint density at radius 1 is 0.838 bits per heavy atom. The molecule has 0 N–H and O–H groups in total. The van der Waals surface area contributed by atoms with E-state index in [4.69, 9.17) is 4.74 Å². The zero-order valence-corrected chi connectivity index (χ0v) is 22.1. The number of para-hydroxylation sites is 2. The number of ether oxygens (including phenoxy) is 1. The number of hydrogen-bond acceptors (Lipinski definition) is 6. The Kier molecular flexibility index (Phi) is 6.95. The number of carbonyl (C=O) groups excluding carboxylic acids is 1. The molecule has 0 bridgehead atoms. The molecule has 8 heteroatoms. The zero-order chi connectivity index (χ0) is 26.0. The van der Waals surface area contributed by atoms with Gasteiger partial charge in [-0.15, -0.1) is 0 Å². The maximum Gasteiger partial charge on any atom is 0.312 e. The topological polar surface area (TPSA) is 66.9 Å². The molecule has 0 spiro atoms.